The van der Waals surface area contributed by atoms with Crippen molar-refractivity contribution in [1.82, 2.24) is 10.2 Å². The van der Waals surface area contributed by atoms with Gasteiger partial charge in [0.25, 0.3) is 5.91 Å². The van der Waals surface area contributed by atoms with Crippen LogP contribution >= 0.6 is 0 Å². The van der Waals surface area contributed by atoms with Gasteiger partial charge in [-0.05, 0) is 25.9 Å². The standard InChI is InChI=1S/C12H16N2O4/c15-10-7-9(8-17-10)14-5-6-18-12(11(14)16)1-3-13-4-2-12/h7,13H,1-6,8H2. The van der Waals surface area contributed by atoms with Gasteiger partial charge in [0.05, 0.1) is 12.3 Å². The molecule has 2 saturated heterocycles. The molecule has 0 radical (unpaired) electrons. The lowest BCUT2D eigenvalue weighted by atomic mass is 9.89. The van der Waals surface area contributed by atoms with Gasteiger partial charge in [0, 0.05) is 12.6 Å². The van der Waals surface area contributed by atoms with Crippen molar-refractivity contribution in [3.63, 3.8) is 0 Å². The van der Waals surface area contributed by atoms with Crippen molar-refractivity contribution in [2.24, 2.45) is 0 Å². The van der Waals surface area contributed by atoms with Crippen molar-refractivity contribution in [1.29, 1.82) is 0 Å². The summed E-state index contributed by atoms with van der Waals surface area (Å²) in [4.78, 5) is 25.3. The summed E-state index contributed by atoms with van der Waals surface area (Å²) in [7, 11) is 0. The Morgan fingerprint density at radius 3 is 2.72 bits per heavy atom. The van der Waals surface area contributed by atoms with Crippen LogP contribution in [0.2, 0.25) is 0 Å². The zero-order valence-electron chi connectivity index (χ0n) is 10.1. The van der Waals surface area contributed by atoms with Gasteiger partial charge in [-0.15, -0.1) is 0 Å². The fourth-order valence-electron chi connectivity index (χ4n) is 2.72. The molecule has 1 spiro atoms. The molecule has 1 amide bonds. The largest absolute Gasteiger partial charge is 0.456 e. The van der Waals surface area contributed by atoms with Crippen LogP contribution in [-0.2, 0) is 19.1 Å². The summed E-state index contributed by atoms with van der Waals surface area (Å²) in [6.45, 7) is 2.77. The molecule has 98 valence electrons. The maximum Gasteiger partial charge on any atom is 0.333 e. The van der Waals surface area contributed by atoms with E-state index in [0.29, 0.717) is 31.7 Å². The van der Waals surface area contributed by atoms with Gasteiger partial charge in [0.15, 0.2) is 0 Å². The molecule has 0 atom stereocenters. The monoisotopic (exact) mass is 252 g/mol. The Labute approximate surface area is 105 Å². The predicted molar refractivity (Wildman–Crippen MR) is 61.5 cm³/mol. The molecule has 6 heteroatoms. The van der Waals surface area contributed by atoms with Gasteiger partial charge in [0.2, 0.25) is 0 Å². The molecular weight excluding hydrogens is 236 g/mol. The molecule has 18 heavy (non-hydrogen) atoms. The van der Waals surface area contributed by atoms with Crippen LogP contribution in [0.5, 0.6) is 0 Å². The number of nitrogens with one attached hydrogen (secondary N) is 1. The molecule has 6 nitrogen and oxygen atoms in total. The zero-order valence-corrected chi connectivity index (χ0v) is 10.1. The normalized spacial score (nSPS) is 27.3. The van der Waals surface area contributed by atoms with Gasteiger partial charge >= 0.3 is 5.97 Å². The Kier molecular flexibility index (Phi) is 2.83. The molecule has 0 bridgehead atoms. The summed E-state index contributed by atoms with van der Waals surface area (Å²) in [6.07, 6.45) is 2.77. The van der Waals surface area contributed by atoms with Crippen molar-refractivity contribution in [3.8, 4) is 0 Å². The van der Waals surface area contributed by atoms with Crippen LogP contribution in [0.25, 0.3) is 0 Å². The second kappa shape index (κ2) is 4.37. The van der Waals surface area contributed by atoms with E-state index >= 15 is 0 Å². The van der Waals surface area contributed by atoms with E-state index in [1.54, 1.807) is 4.90 Å². The summed E-state index contributed by atoms with van der Waals surface area (Å²) in [5.74, 6) is -0.400. The van der Waals surface area contributed by atoms with E-state index in [1.165, 1.54) is 6.08 Å². The van der Waals surface area contributed by atoms with Crippen LogP contribution in [0.3, 0.4) is 0 Å². The van der Waals surface area contributed by atoms with Gasteiger partial charge < -0.3 is 19.7 Å². The second-order valence-corrected chi connectivity index (χ2v) is 4.79. The molecular formula is C12H16N2O4. The van der Waals surface area contributed by atoms with Gasteiger partial charge in [-0.1, -0.05) is 0 Å². The zero-order chi connectivity index (χ0) is 12.6. The summed E-state index contributed by atoms with van der Waals surface area (Å²) in [5.41, 5.74) is -0.0399. The molecule has 3 rings (SSSR count). The Morgan fingerprint density at radius 2 is 2.06 bits per heavy atom. The van der Waals surface area contributed by atoms with E-state index in [2.05, 4.69) is 5.32 Å². The first-order chi connectivity index (χ1) is 8.71. The number of ether oxygens (including phenoxy) is 2. The van der Waals surface area contributed by atoms with Crippen LogP contribution in [0.15, 0.2) is 11.8 Å². The summed E-state index contributed by atoms with van der Waals surface area (Å²) < 4.78 is 10.6. The van der Waals surface area contributed by atoms with Crippen molar-refractivity contribution >= 4 is 11.9 Å². The van der Waals surface area contributed by atoms with Crippen LogP contribution in [-0.4, -0.2) is 55.2 Å². The van der Waals surface area contributed by atoms with E-state index in [1.807, 2.05) is 0 Å². The van der Waals surface area contributed by atoms with Crippen molar-refractivity contribution in [2.45, 2.75) is 18.4 Å². The molecule has 3 heterocycles. The summed E-state index contributed by atoms with van der Waals surface area (Å²) >= 11 is 0. The predicted octanol–water partition coefficient (Wildman–Crippen LogP) is -0.592. The highest BCUT2D eigenvalue weighted by Crippen LogP contribution is 2.31. The number of hydrogen-bond donors (Lipinski definition) is 1. The number of carbonyl (C=O) groups excluding carboxylic acids is 2. The van der Waals surface area contributed by atoms with E-state index in [0.717, 1.165) is 13.1 Å². The lowest BCUT2D eigenvalue weighted by Gasteiger charge is -2.43. The minimum atomic E-state index is -0.698. The van der Waals surface area contributed by atoms with Gasteiger partial charge in [-0.3, -0.25) is 4.79 Å². The topological polar surface area (TPSA) is 67.9 Å². The van der Waals surface area contributed by atoms with Gasteiger partial charge in [-0.25, -0.2) is 4.79 Å². The average Bonchev–Trinajstić information content (AvgIpc) is 2.81. The third-order valence-corrected chi connectivity index (χ3v) is 3.73. The summed E-state index contributed by atoms with van der Waals surface area (Å²) in [5, 5.41) is 3.22. The van der Waals surface area contributed by atoms with Crippen molar-refractivity contribution in [2.75, 3.05) is 32.8 Å². The highest BCUT2D eigenvalue weighted by atomic mass is 16.5. The van der Waals surface area contributed by atoms with Crippen LogP contribution in [0.4, 0.5) is 0 Å². The molecule has 3 aliphatic rings. The lowest BCUT2D eigenvalue weighted by Crippen LogP contribution is -2.60. The highest BCUT2D eigenvalue weighted by Gasteiger charge is 2.47. The molecule has 0 aromatic rings. The molecule has 0 aliphatic carbocycles. The number of esters is 1. The number of nitrogens with zero attached hydrogens (tertiary/aromatic N) is 1. The van der Waals surface area contributed by atoms with Crippen LogP contribution in [0.1, 0.15) is 12.8 Å². The number of piperidine rings is 1. The Hall–Kier alpha value is -1.40. The van der Waals surface area contributed by atoms with Crippen molar-refractivity contribution in [3.05, 3.63) is 11.8 Å². The Balaban J connectivity index is 1.82. The fourth-order valence-corrected chi connectivity index (χ4v) is 2.72. The minimum Gasteiger partial charge on any atom is -0.456 e. The van der Waals surface area contributed by atoms with Gasteiger partial charge in [-0.2, -0.15) is 0 Å². The van der Waals surface area contributed by atoms with E-state index < -0.39 is 5.60 Å². The number of hydrogen-bond acceptors (Lipinski definition) is 5. The van der Waals surface area contributed by atoms with Crippen LogP contribution in [0, 0.1) is 0 Å². The smallest absolute Gasteiger partial charge is 0.333 e. The first kappa shape index (κ1) is 11.7. The SMILES string of the molecule is O=C1C=C(N2CCOC3(CCNCC3)C2=O)CO1. The highest BCUT2D eigenvalue weighted by molar-refractivity contribution is 5.91. The molecule has 3 aliphatic heterocycles. The first-order valence-corrected chi connectivity index (χ1v) is 6.25. The number of cyclic esters (lactones) is 1. The second-order valence-electron chi connectivity index (χ2n) is 4.79. The third-order valence-electron chi connectivity index (χ3n) is 3.73. The fraction of sp³-hybridized carbons (Fsp3) is 0.667. The first-order valence-electron chi connectivity index (χ1n) is 6.25. The molecule has 1 N–H and O–H groups in total. The van der Waals surface area contributed by atoms with Crippen LogP contribution < -0.4 is 5.32 Å². The number of morpholine rings is 1. The molecule has 0 aromatic carbocycles. The van der Waals surface area contributed by atoms with E-state index in [4.69, 9.17) is 9.47 Å². The average molecular weight is 252 g/mol. The minimum absolute atomic E-state index is 0.0280. The number of amides is 1. The molecule has 0 unspecified atom stereocenters. The Morgan fingerprint density at radius 1 is 1.28 bits per heavy atom. The van der Waals surface area contributed by atoms with E-state index in [-0.39, 0.29) is 18.5 Å². The quantitative estimate of drug-likeness (QED) is 0.632. The number of carbonyl (C=O) groups is 2. The maximum absolute atomic E-state index is 12.6. The Bertz CT molecular complexity index is 407. The molecule has 0 aromatic heterocycles. The van der Waals surface area contributed by atoms with Crippen molar-refractivity contribution < 1.29 is 19.1 Å². The van der Waals surface area contributed by atoms with E-state index in [9.17, 15) is 9.59 Å². The summed E-state index contributed by atoms with van der Waals surface area (Å²) in [6, 6.07) is 0. The maximum atomic E-state index is 12.6. The molecule has 2 fully saturated rings. The molecule has 0 saturated carbocycles. The van der Waals surface area contributed by atoms with Gasteiger partial charge in [0.1, 0.15) is 12.2 Å². The lowest BCUT2D eigenvalue weighted by molar-refractivity contribution is -0.173. The third kappa shape index (κ3) is 1.81. The number of rotatable bonds is 1.